The van der Waals surface area contributed by atoms with Crippen molar-refractivity contribution in [3.63, 3.8) is 0 Å². The van der Waals surface area contributed by atoms with Gasteiger partial charge in [0.2, 0.25) is 5.91 Å². The van der Waals surface area contributed by atoms with E-state index in [9.17, 15) is 27.9 Å². The molecule has 0 aliphatic rings. The first-order valence-electron chi connectivity index (χ1n) is 5.53. The Balaban J connectivity index is 2.87. The molecule has 0 aliphatic heterocycles. The quantitative estimate of drug-likeness (QED) is 0.832. The van der Waals surface area contributed by atoms with E-state index in [1.807, 2.05) is 0 Å². The van der Waals surface area contributed by atoms with Gasteiger partial charge in [-0.1, -0.05) is 11.6 Å². The number of halogens is 4. The van der Waals surface area contributed by atoms with Gasteiger partial charge in [-0.05, 0) is 24.3 Å². The molecule has 1 atom stereocenters. The summed E-state index contributed by atoms with van der Waals surface area (Å²) < 4.78 is 42.1. The third-order valence-electron chi connectivity index (χ3n) is 2.54. The molecule has 0 fully saturated rings. The smallest absolute Gasteiger partial charge is 0.428 e. The van der Waals surface area contributed by atoms with E-state index >= 15 is 0 Å². The molecular formula is C12H11ClF3NO4. The number of aliphatic hydroxyl groups is 1. The Bertz CT molecular complexity index is 532. The van der Waals surface area contributed by atoms with E-state index in [2.05, 4.69) is 10.1 Å². The normalized spacial score (nSPS) is 14.2. The molecule has 1 rings (SSSR count). The highest BCUT2D eigenvalue weighted by Gasteiger charge is 2.61. The molecule has 21 heavy (non-hydrogen) atoms. The van der Waals surface area contributed by atoms with Crippen LogP contribution in [0.5, 0.6) is 0 Å². The maximum absolute atomic E-state index is 12.7. The van der Waals surface area contributed by atoms with Crippen molar-refractivity contribution in [2.24, 2.45) is 0 Å². The van der Waals surface area contributed by atoms with Gasteiger partial charge < -0.3 is 15.2 Å². The number of carbonyl (C=O) groups excluding carboxylic acids is 2. The zero-order valence-electron chi connectivity index (χ0n) is 10.7. The highest BCUT2D eigenvalue weighted by atomic mass is 35.5. The van der Waals surface area contributed by atoms with Gasteiger partial charge >= 0.3 is 12.1 Å². The predicted molar refractivity (Wildman–Crippen MR) is 67.7 cm³/mol. The van der Waals surface area contributed by atoms with Crippen LogP contribution in [-0.2, 0) is 14.3 Å². The van der Waals surface area contributed by atoms with E-state index in [1.54, 1.807) is 0 Å². The maximum Gasteiger partial charge on any atom is 0.428 e. The molecule has 0 aromatic heterocycles. The summed E-state index contributed by atoms with van der Waals surface area (Å²) in [4.78, 5) is 22.7. The van der Waals surface area contributed by atoms with Crippen LogP contribution < -0.4 is 5.32 Å². The number of methoxy groups -OCH3 is 1. The lowest BCUT2D eigenvalue weighted by Crippen LogP contribution is -2.54. The minimum absolute atomic E-state index is 0.166. The number of ether oxygens (including phenoxy) is 1. The number of alkyl halides is 3. The summed E-state index contributed by atoms with van der Waals surface area (Å²) in [6.45, 7) is 0. The van der Waals surface area contributed by atoms with Crippen LogP contribution in [-0.4, -0.2) is 35.9 Å². The first kappa shape index (κ1) is 17.3. The van der Waals surface area contributed by atoms with E-state index in [0.29, 0.717) is 12.1 Å². The minimum Gasteiger partial charge on any atom is -0.467 e. The number of nitrogens with one attached hydrogen (secondary N) is 1. The van der Waals surface area contributed by atoms with Crippen LogP contribution in [0.25, 0.3) is 0 Å². The van der Waals surface area contributed by atoms with Crippen LogP contribution in [0.15, 0.2) is 24.3 Å². The lowest BCUT2D eigenvalue weighted by molar-refractivity contribution is -0.261. The Morgan fingerprint density at radius 2 is 1.81 bits per heavy atom. The summed E-state index contributed by atoms with van der Waals surface area (Å²) in [5, 5.41) is 11.9. The predicted octanol–water partition coefficient (Wildman–Crippen LogP) is 2.13. The van der Waals surface area contributed by atoms with Crippen LogP contribution in [0.3, 0.4) is 0 Å². The standard InChI is InChI=1S/C12H11ClF3NO4/c1-21-10(19)11(20,12(14,15)16)6-9(18)17-8-4-2-7(13)3-5-8/h2-5,20H,6H2,1H3,(H,17,18)/t11-/m1/s1. The van der Waals surface area contributed by atoms with Gasteiger partial charge in [0.05, 0.1) is 13.5 Å². The molecule has 0 bridgehead atoms. The molecule has 0 saturated heterocycles. The average molecular weight is 326 g/mol. The molecular weight excluding hydrogens is 315 g/mol. The Kier molecular flexibility index (Phi) is 5.19. The highest BCUT2D eigenvalue weighted by Crippen LogP contribution is 2.34. The fourth-order valence-corrected chi connectivity index (χ4v) is 1.55. The summed E-state index contributed by atoms with van der Waals surface area (Å²) >= 11 is 5.61. The molecule has 2 N–H and O–H groups in total. The van der Waals surface area contributed by atoms with Crippen LogP contribution in [0, 0.1) is 0 Å². The van der Waals surface area contributed by atoms with Crippen molar-refractivity contribution in [2.45, 2.75) is 18.2 Å². The van der Waals surface area contributed by atoms with Gasteiger partial charge in [-0.2, -0.15) is 13.2 Å². The van der Waals surface area contributed by atoms with Crippen LogP contribution in [0.1, 0.15) is 6.42 Å². The third kappa shape index (κ3) is 4.08. The number of anilines is 1. The first-order valence-corrected chi connectivity index (χ1v) is 5.91. The molecule has 0 saturated carbocycles. The Hall–Kier alpha value is -1.80. The highest BCUT2D eigenvalue weighted by molar-refractivity contribution is 6.30. The molecule has 0 spiro atoms. The molecule has 0 unspecified atom stereocenters. The zero-order chi connectivity index (χ0) is 16.3. The fraction of sp³-hybridized carbons (Fsp3) is 0.333. The maximum atomic E-state index is 12.7. The van der Waals surface area contributed by atoms with E-state index in [4.69, 9.17) is 11.6 Å². The van der Waals surface area contributed by atoms with Crippen molar-refractivity contribution >= 4 is 29.2 Å². The summed E-state index contributed by atoms with van der Waals surface area (Å²) in [6.07, 6.45) is -6.87. The van der Waals surface area contributed by atoms with Gasteiger partial charge in [-0.3, -0.25) is 4.79 Å². The van der Waals surface area contributed by atoms with Crippen LogP contribution in [0.2, 0.25) is 5.02 Å². The van der Waals surface area contributed by atoms with Crippen LogP contribution >= 0.6 is 11.6 Å². The lowest BCUT2D eigenvalue weighted by atomic mass is 9.98. The summed E-state index contributed by atoms with van der Waals surface area (Å²) in [5.41, 5.74) is -3.74. The van der Waals surface area contributed by atoms with E-state index in [0.717, 1.165) is 0 Å². The fourth-order valence-electron chi connectivity index (χ4n) is 1.43. The summed E-state index contributed by atoms with van der Waals surface area (Å²) in [6, 6.07) is 5.52. The SMILES string of the molecule is COC(=O)[C@](O)(CC(=O)Nc1ccc(Cl)cc1)C(F)(F)F. The molecule has 1 amide bonds. The molecule has 5 nitrogen and oxygen atoms in total. The van der Waals surface area contributed by atoms with Crippen molar-refractivity contribution in [3.05, 3.63) is 29.3 Å². The molecule has 116 valence electrons. The van der Waals surface area contributed by atoms with Crippen molar-refractivity contribution in [1.82, 2.24) is 0 Å². The van der Waals surface area contributed by atoms with Crippen molar-refractivity contribution in [3.8, 4) is 0 Å². The number of amides is 1. The van der Waals surface area contributed by atoms with Gasteiger partial charge in [0.25, 0.3) is 5.60 Å². The second-order valence-corrected chi connectivity index (χ2v) is 4.52. The number of rotatable bonds is 4. The van der Waals surface area contributed by atoms with Crippen molar-refractivity contribution in [2.75, 3.05) is 12.4 Å². The first-order chi connectivity index (χ1) is 9.60. The molecule has 0 radical (unpaired) electrons. The van der Waals surface area contributed by atoms with Gasteiger partial charge in [-0.15, -0.1) is 0 Å². The molecule has 0 aliphatic carbocycles. The Morgan fingerprint density at radius 1 is 1.29 bits per heavy atom. The van der Waals surface area contributed by atoms with Crippen molar-refractivity contribution < 1.29 is 32.6 Å². The molecule has 9 heteroatoms. The Labute approximate surface area is 122 Å². The van der Waals surface area contributed by atoms with Gasteiger partial charge in [0.15, 0.2) is 0 Å². The Morgan fingerprint density at radius 3 is 2.24 bits per heavy atom. The average Bonchev–Trinajstić information content (AvgIpc) is 2.38. The van der Waals surface area contributed by atoms with Crippen LogP contribution in [0.4, 0.5) is 18.9 Å². The number of hydrogen-bond donors (Lipinski definition) is 2. The number of carbonyl (C=O) groups is 2. The second-order valence-electron chi connectivity index (χ2n) is 4.08. The molecule has 1 aromatic carbocycles. The van der Waals surface area contributed by atoms with E-state index in [-0.39, 0.29) is 5.69 Å². The largest absolute Gasteiger partial charge is 0.467 e. The number of benzene rings is 1. The van der Waals surface area contributed by atoms with Gasteiger partial charge in [0, 0.05) is 10.7 Å². The number of esters is 1. The minimum atomic E-state index is -5.35. The van der Waals surface area contributed by atoms with Gasteiger partial charge in [-0.25, -0.2) is 4.79 Å². The van der Waals surface area contributed by atoms with E-state index in [1.165, 1.54) is 24.3 Å². The second kappa shape index (κ2) is 6.31. The summed E-state index contributed by atoms with van der Waals surface area (Å²) in [5.74, 6) is -3.16. The molecule has 0 heterocycles. The molecule has 1 aromatic rings. The number of hydrogen-bond acceptors (Lipinski definition) is 4. The monoisotopic (exact) mass is 325 g/mol. The zero-order valence-corrected chi connectivity index (χ0v) is 11.5. The third-order valence-corrected chi connectivity index (χ3v) is 2.79. The van der Waals surface area contributed by atoms with E-state index < -0.39 is 30.1 Å². The lowest BCUT2D eigenvalue weighted by Gasteiger charge is -2.26. The van der Waals surface area contributed by atoms with Crippen molar-refractivity contribution in [1.29, 1.82) is 0 Å². The van der Waals surface area contributed by atoms with Gasteiger partial charge in [0.1, 0.15) is 0 Å². The summed E-state index contributed by atoms with van der Waals surface area (Å²) in [7, 11) is 0.677. The topological polar surface area (TPSA) is 75.6 Å².